The molecule has 1 aromatic carbocycles. The number of alkyl halides is 1. The van der Waals surface area contributed by atoms with E-state index in [1.165, 1.54) is 5.56 Å². The first kappa shape index (κ1) is 13.1. The summed E-state index contributed by atoms with van der Waals surface area (Å²) in [7, 11) is 0. The van der Waals surface area contributed by atoms with Gasteiger partial charge < -0.3 is 0 Å². The van der Waals surface area contributed by atoms with Crippen LogP contribution >= 0.6 is 11.6 Å². The summed E-state index contributed by atoms with van der Waals surface area (Å²) in [5.74, 6) is 2.70. The van der Waals surface area contributed by atoms with E-state index in [2.05, 4.69) is 53.7 Å². The lowest BCUT2D eigenvalue weighted by Crippen LogP contribution is -2.07. The number of nitrogens with zero attached hydrogens (tertiary/aromatic N) is 3. The molecular weight excluding hydrogens is 246 g/mol. The van der Waals surface area contributed by atoms with Crippen LogP contribution in [0.2, 0.25) is 0 Å². The molecule has 2 aromatic rings. The van der Waals surface area contributed by atoms with E-state index in [9.17, 15) is 0 Å². The Morgan fingerprint density at radius 3 is 2.56 bits per heavy atom. The summed E-state index contributed by atoms with van der Waals surface area (Å²) in [6, 6.07) is 8.32. The second kappa shape index (κ2) is 5.53. The lowest BCUT2D eigenvalue weighted by Gasteiger charge is -2.11. The van der Waals surface area contributed by atoms with Gasteiger partial charge in [0.2, 0.25) is 0 Å². The molecule has 1 heterocycles. The monoisotopic (exact) mass is 263 g/mol. The summed E-state index contributed by atoms with van der Waals surface area (Å²) in [6.07, 6.45) is 0.901. The molecule has 96 valence electrons. The normalized spacial score (nSPS) is 11.2. The lowest BCUT2D eigenvalue weighted by atomic mass is 10.1. The molecule has 0 saturated heterocycles. The Balaban J connectivity index is 2.50. The molecule has 0 amide bonds. The first-order valence-corrected chi connectivity index (χ1v) is 6.71. The van der Waals surface area contributed by atoms with Gasteiger partial charge in [-0.3, -0.25) is 4.57 Å². The Bertz CT molecular complexity index is 532. The van der Waals surface area contributed by atoms with E-state index >= 15 is 0 Å². The van der Waals surface area contributed by atoms with Crippen LogP contribution in [0.4, 0.5) is 0 Å². The van der Waals surface area contributed by atoms with Gasteiger partial charge in [0.1, 0.15) is 5.82 Å². The SMILES string of the molecule is Cc1cccc(-n2c(CCl)nnc2CC(C)C)c1. The van der Waals surface area contributed by atoms with Gasteiger partial charge in [-0.1, -0.05) is 26.0 Å². The average Bonchev–Trinajstić information content (AvgIpc) is 2.71. The molecule has 0 unspecified atom stereocenters. The topological polar surface area (TPSA) is 30.7 Å². The van der Waals surface area contributed by atoms with E-state index in [0.29, 0.717) is 11.8 Å². The van der Waals surface area contributed by atoms with Crippen LogP contribution in [0.3, 0.4) is 0 Å². The van der Waals surface area contributed by atoms with E-state index < -0.39 is 0 Å². The Kier molecular flexibility index (Phi) is 4.02. The van der Waals surface area contributed by atoms with Crippen molar-refractivity contribution >= 4 is 11.6 Å². The van der Waals surface area contributed by atoms with Crippen molar-refractivity contribution in [2.45, 2.75) is 33.1 Å². The Hall–Kier alpha value is -1.35. The van der Waals surface area contributed by atoms with Gasteiger partial charge in [0, 0.05) is 12.1 Å². The number of benzene rings is 1. The summed E-state index contributed by atoms with van der Waals surface area (Å²) < 4.78 is 2.07. The molecule has 1 aromatic heterocycles. The molecule has 0 aliphatic carbocycles. The maximum absolute atomic E-state index is 5.95. The summed E-state index contributed by atoms with van der Waals surface area (Å²) in [5, 5.41) is 8.44. The molecule has 0 atom stereocenters. The standard InChI is InChI=1S/C14H18ClN3/c1-10(2)7-13-16-17-14(9-15)18(13)12-6-4-5-11(3)8-12/h4-6,8,10H,7,9H2,1-3H3. The predicted molar refractivity (Wildman–Crippen MR) is 74.2 cm³/mol. The van der Waals surface area contributed by atoms with Gasteiger partial charge in [-0.2, -0.15) is 0 Å². The molecule has 0 radical (unpaired) electrons. The maximum Gasteiger partial charge on any atom is 0.152 e. The van der Waals surface area contributed by atoms with Crippen molar-refractivity contribution in [3.05, 3.63) is 41.5 Å². The Labute approximate surface area is 113 Å². The highest BCUT2D eigenvalue weighted by Gasteiger charge is 2.14. The fourth-order valence-electron chi connectivity index (χ4n) is 2.00. The first-order chi connectivity index (χ1) is 8.61. The smallest absolute Gasteiger partial charge is 0.152 e. The van der Waals surface area contributed by atoms with Crippen LogP contribution in [0, 0.1) is 12.8 Å². The predicted octanol–water partition coefficient (Wildman–Crippen LogP) is 3.51. The van der Waals surface area contributed by atoms with Crippen LogP contribution < -0.4 is 0 Å². The number of hydrogen-bond acceptors (Lipinski definition) is 2. The van der Waals surface area contributed by atoms with E-state index in [1.54, 1.807) is 0 Å². The molecule has 0 aliphatic rings. The van der Waals surface area contributed by atoms with Gasteiger partial charge in [-0.05, 0) is 30.5 Å². The van der Waals surface area contributed by atoms with Crippen molar-refractivity contribution in [2.24, 2.45) is 5.92 Å². The van der Waals surface area contributed by atoms with Gasteiger partial charge in [-0.25, -0.2) is 0 Å². The zero-order valence-electron chi connectivity index (χ0n) is 11.0. The molecule has 0 N–H and O–H groups in total. The summed E-state index contributed by atoms with van der Waals surface area (Å²) in [6.45, 7) is 6.43. The van der Waals surface area contributed by atoms with Crippen molar-refractivity contribution < 1.29 is 0 Å². The molecule has 0 fully saturated rings. The fraction of sp³-hybridized carbons (Fsp3) is 0.429. The number of halogens is 1. The molecular formula is C14H18ClN3. The summed E-state index contributed by atoms with van der Waals surface area (Å²) in [5.41, 5.74) is 2.31. The molecule has 0 bridgehead atoms. The van der Waals surface area contributed by atoms with Crippen molar-refractivity contribution in [3.8, 4) is 5.69 Å². The highest BCUT2D eigenvalue weighted by molar-refractivity contribution is 6.16. The van der Waals surface area contributed by atoms with Gasteiger partial charge in [0.15, 0.2) is 5.82 Å². The van der Waals surface area contributed by atoms with E-state index in [0.717, 1.165) is 23.8 Å². The average molecular weight is 264 g/mol. The second-order valence-electron chi connectivity index (χ2n) is 4.94. The molecule has 18 heavy (non-hydrogen) atoms. The maximum atomic E-state index is 5.95. The van der Waals surface area contributed by atoms with Crippen LogP contribution in [0.25, 0.3) is 5.69 Å². The second-order valence-corrected chi connectivity index (χ2v) is 5.21. The number of rotatable bonds is 4. The third-order valence-electron chi connectivity index (χ3n) is 2.77. The van der Waals surface area contributed by atoms with Gasteiger partial charge in [0.05, 0.1) is 5.88 Å². The van der Waals surface area contributed by atoms with Gasteiger partial charge in [-0.15, -0.1) is 21.8 Å². The molecule has 0 saturated carbocycles. The van der Waals surface area contributed by atoms with Crippen molar-refractivity contribution in [1.29, 1.82) is 0 Å². The zero-order chi connectivity index (χ0) is 13.1. The molecule has 0 spiro atoms. The quantitative estimate of drug-likeness (QED) is 0.791. The molecule has 2 rings (SSSR count). The fourth-order valence-corrected chi connectivity index (χ4v) is 2.18. The minimum Gasteiger partial charge on any atom is -0.282 e. The third kappa shape index (κ3) is 2.72. The van der Waals surface area contributed by atoms with Crippen molar-refractivity contribution in [2.75, 3.05) is 0 Å². The van der Waals surface area contributed by atoms with E-state index in [-0.39, 0.29) is 0 Å². The first-order valence-electron chi connectivity index (χ1n) is 6.18. The third-order valence-corrected chi connectivity index (χ3v) is 3.01. The highest BCUT2D eigenvalue weighted by Crippen LogP contribution is 2.18. The minimum absolute atomic E-state index is 0.374. The lowest BCUT2D eigenvalue weighted by molar-refractivity contribution is 0.611. The van der Waals surface area contributed by atoms with Crippen LogP contribution in [0.1, 0.15) is 31.1 Å². The number of aromatic nitrogens is 3. The van der Waals surface area contributed by atoms with Gasteiger partial charge >= 0.3 is 0 Å². The van der Waals surface area contributed by atoms with Crippen LogP contribution in [-0.4, -0.2) is 14.8 Å². The van der Waals surface area contributed by atoms with Crippen molar-refractivity contribution in [1.82, 2.24) is 14.8 Å². The van der Waals surface area contributed by atoms with E-state index in [4.69, 9.17) is 11.6 Å². The molecule has 4 heteroatoms. The zero-order valence-corrected chi connectivity index (χ0v) is 11.8. The van der Waals surface area contributed by atoms with Crippen LogP contribution in [-0.2, 0) is 12.3 Å². The summed E-state index contributed by atoms with van der Waals surface area (Å²) >= 11 is 5.95. The Morgan fingerprint density at radius 1 is 1.22 bits per heavy atom. The van der Waals surface area contributed by atoms with Crippen LogP contribution in [0.5, 0.6) is 0 Å². The molecule has 3 nitrogen and oxygen atoms in total. The van der Waals surface area contributed by atoms with Gasteiger partial charge in [0.25, 0.3) is 0 Å². The number of hydrogen-bond donors (Lipinski definition) is 0. The molecule has 0 aliphatic heterocycles. The summed E-state index contributed by atoms with van der Waals surface area (Å²) in [4.78, 5) is 0. The van der Waals surface area contributed by atoms with E-state index in [1.807, 2.05) is 6.07 Å². The Morgan fingerprint density at radius 2 is 1.94 bits per heavy atom. The van der Waals surface area contributed by atoms with Crippen LogP contribution in [0.15, 0.2) is 24.3 Å². The largest absolute Gasteiger partial charge is 0.282 e. The number of aryl methyl sites for hydroxylation is 1. The highest BCUT2D eigenvalue weighted by atomic mass is 35.5. The minimum atomic E-state index is 0.374. The van der Waals surface area contributed by atoms with Crippen molar-refractivity contribution in [3.63, 3.8) is 0 Å².